The van der Waals surface area contributed by atoms with Gasteiger partial charge in [-0.1, -0.05) is 11.3 Å². The number of nitrogen functional groups attached to an aromatic ring is 1. The number of hydrogen-bond acceptors (Lipinski definition) is 6. The third-order valence-corrected chi connectivity index (χ3v) is 3.84. The average molecular weight is 308 g/mol. The standard InChI is InChI=1S/C13H20N6OS/c1-9-8-10(2)19(18-9)7-5-11(20)15-6-3-4-12-16-17-13(14)21-12/h8H,3-7H2,1-2H3,(H2,14,17)(H,15,20). The Morgan fingerprint density at radius 2 is 2.24 bits per heavy atom. The van der Waals surface area contributed by atoms with E-state index in [0.717, 1.165) is 29.2 Å². The number of nitrogens with zero attached hydrogens (tertiary/aromatic N) is 4. The highest BCUT2D eigenvalue weighted by Gasteiger charge is 2.05. The number of aromatic nitrogens is 4. The normalized spacial score (nSPS) is 10.8. The van der Waals surface area contributed by atoms with Gasteiger partial charge in [-0.2, -0.15) is 5.10 Å². The molecule has 0 bridgehead atoms. The molecule has 1 amide bonds. The minimum Gasteiger partial charge on any atom is -0.374 e. The number of rotatable bonds is 7. The van der Waals surface area contributed by atoms with Gasteiger partial charge in [0.15, 0.2) is 0 Å². The summed E-state index contributed by atoms with van der Waals surface area (Å²) in [5.41, 5.74) is 7.56. The number of carbonyl (C=O) groups excluding carboxylic acids is 1. The van der Waals surface area contributed by atoms with Crippen LogP contribution in [0.4, 0.5) is 5.13 Å². The van der Waals surface area contributed by atoms with E-state index in [-0.39, 0.29) is 5.91 Å². The minimum absolute atomic E-state index is 0.0410. The van der Waals surface area contributed by atoms with Crippen LogP contribution in [0.2, 0.25) is 0 Å². The molecule has 2 aromatic rings. The van der Waals surface area contributed by atoms with Gasteiger partial charge < -0.3 is 11.1 Å². The Bertz CT molecular complexity index is 606. The van der Waals surface area contributed by atoms with E-state index in [1.807, 2.05) is 24.6 Å². The summed E-state index contributed by atoms with van der Waals surface area (Å²) in [5, 5.41) is 16.3. The molecule has 0 fully saturated rings. The SMILES string of the molecule is Cc1cc(C)n(CCC(=O)NCCCc2nnc(N)s2)n1. The molecule has 0 atom stereocenters. The zero-order valence-corrected chi connectivity index (χ0v) is 13.1. The summed E-state index contributed by atoms with van der Waals surface area (Å²) < 4.78 is 1.86. The molecule has 21 heavy (non-hydrogen) atoms. The van der Waals surface area contributed by atoms with Crippen LogP contribution in [0, 0.1) is 13.8 Å². The van der Waals surface area contributed by atoms with E-state index in [9.17, 15) is 4.79 Å². The van der Waals surface area contributed by atoms with E-state index >= 15 is 0 Å². The van der Waals surface area contributed by atoms with Crippen LogP contribution < -0.4 is 11.1 Å². The number of hydrogen-bond donors (Lipinski definition) is 2. The number of amides is 1. The van der Waals surface area contributed by atoms with Gasteiger partial charge >= 0.3 is 0 Å². The first-order valence-corrected chi connectivity index (χ1v) is 7.72. The highest BCUT2D eigenvalue weighted by Crippen LogP contribution is 2.12. The second kappa shape index (κ2) is 7.16. The predicted octanol–water partition coefficient (Wildman–Crippen LogP) is 1.07. The average Bonchev–Trinajstić information content (AvgIpc) is 2.98. The largest absolute Gasteiger partial charge is 0.374 e. The van der Waals surface area contributed by atoms with E-state index in [1.165, 1.54) is 11.3 Å². The van der Waals surface area contributed by atoms with Gasteiger partial charge in [-0.3, -0.25) is 9.48 Å². The number of carbonyl (C=O) groups is 1. The smallest absolute Gasteiger partial charge is 0.221 e. The topological polar surface area (TPSA) is 98.7 Å². The summed E-state index contributed by atoms with van der Waals surface area (Å²) in [4.78, 5) is 11.8. The summed E-state index contributed by atoms with van der Waals surface area (Å²) >= 11 is 1.39. The van der Waals surface area contributed by atoms with E-state index < -0.39 is 0 Å². The molecule has 0 aliphatic carbocycles. The molecule has 7 nitrogen and oxygen atoms in total. The minimum atomic E-state index is 0.0410. The molecule has 2 rings (SSSR count). The third-order valence-electron chi connectivity index (χ3n) is 3.03. The molecule has 0 saturated carbocycles. The van der Waals surface area contributed by atoms with Gasteiger partial charge in [0.25, 0.3) is 0 Å². The van der Waals surface area contributed by atoms with Crippen LogP contribution >= 0.6 is 11.3 Å². The summed E-state index contributed by atoms with van der Waals surface area (Å²) in [7, 11) is 0. The van der Waals surface area contributed by atoms with Crippen molar-refractivity contribution in [2.75, 3.05) is 12.3 Å². The molecule has 0 saturated heterocycles. The quantitative estimate of drug-likeness (QED) is 0.746. The van der Waals surface area contributed by atoms with Crippen molar-refractivity contribution in [2.45, 2.75) is 39.7 Å². The van der Waals surface area contributed by atoms with Crippen LogP contribution in [-0.2, 0) is 17.8 Å². The van der Waals surface area contributed by atoms with Crippen molar-refractivity contribution in [3.8, 4) is 0 Å². The lowest BCUT2D eigenvalue weighted by molar-refractivity contribution is -0.121. The Kier molecular flexibility index (Phi) is 5.26. The molecule has 3 N–H and O–H groups in total. The van der Waals surface area contributed by atoms with Gasteiger partial charge in [0, 0.05) is 31.6 Å². The van der Waals surface area contributed by atoms with Crippen LogP contribution in [0.25, 0.3) is 0 Å². The summed E-state index contributed by atoms with van der Waals surface area (Å²) in [6.07, 6.45) is 2.06. The summed E-state index contributed by atoms with van der Waals surface area (Å²) in [6, 6.07) is 2.01. The fourth-order valence-electron chi connectivity index (χ4n) is 2.03. The number of anilines is 1. The molecule has 0 aliphatic heterocycles. The van der Waals surface area contributed by atoms with E-state index in [1.54, 1.807) is 0 Å². The molecular formula is C13H20N6OS. The van der Waals surface area contributed by atoms with Crippen LogP contribution in [0.15, 0.2) is 6.07 Å². The lowest BCUT2D eigenvalue weighted by Gasteiger charge is -2.06. The molecule has 0 aliphatic rings. The Morgan fingerprint density at radius 3 is 2.86 bits per heavy atom. The maximum atomic E-state index is 11.8. The van der Waals surface area contributed by atoms with Crippen molar-refractivity contribution < 1.29 is 4.79 Å². The van der Waals surface area contributed by atoms with Gasteiger partial charge in [-0.25, -0.2) is 0 Å². The van der Waals surface area contributed by atoms with Crippen molar-refractivity contribution >= 4 is 22.4 Å². The maximum absolute atomic E-state index is 11.8. The van der Waals surface area contributed by atoms with E-state index in [2.05, 4.69) is 20.6 Å². The highest BCUT2D eigenvalue weighted by molar-refractivity contribution is 7.15. The number of nitrogens with one attached hydrogen (secondary N) is 1. The third kappa shape index (κ3) is 4.82. The fourth-order valence-corrected chi connectivity index (χ4v) is 2.68. The Morgan fingerprint density at radius 1 is 1.43 bits per heavy atom. The van der Waals surface area contributed by atoms with Crippen molar-refractivity contribution in [2.24, 2.45) is 0 Å². The van der Waals surface area contributed by atoms with Gasteiger partial charge in [-0.05, 0) is 26.3 Å². The number of aryl methyl sites for hydroxylation is 4. The van der Waals surface area contributed by atoms with Gasteiger partial charge in [0.1, 0.15) is 5.01 Å². The first-order chi connectivity index (χ1) is 10.0. The zero-order valence-electron chi connectivity index (χ0n) is 12.3. The molecule has 2 heterocycles. The molecule has 114 valence electrons. The Hall–Kier alpha value is -1.96. The first-order valence-electron chi connectivity index (χ1n) is 6.90. The van der Waals surface area contributed by atoms with Crippen molar-refractivity contribution in [1.29, 1.82) is 0 Å². The lowest BCUT2D eigenvalue weighted by Crippen LogP contribution is -2.26. The molecule has 0 spiro atoms. The van der Waals surface area contributed by atoms with Gasteiger partial charge in [0.05, 0.1) is 5.69 Å². The second-order valence-electron chi connectivity index (χ2n) is 4.89. The maximum Gasteiger partial charge on any atom is 0.221 e. The molecule has 8 heteroatoms. The van der Waals surface area contributed by atoms with Crippen LogP contribution in [-0.4, -0.2) is 32.4 Å². The molecule has 0 aromatic carbocycles. The van der Waals surface area contributed by atoms with Crippen molar-refractivity contribution in [1.82, 2.24) is 25.3 Å². The first kappa shape index (κ1) is 15.4. The van der Waals surface area contributed by atoms with E-state index in [4.69, 9.17) is 5.73 Å². The zero-order chi connectivity index (χ0) is 15.2. The summed E-state index contributed by atoms with van der Waals surface area (Å²) in [5.74, 6) is 0.0410. The van der Waals surface area contributed by atoms with Crippen LogP contribution in [0.5, 0.6) is 0 Å². The monoisotopic (exact) mass is 308 g/mol. The molecule has 0 unspecified atom stereocenters. The number of nitrogens with two attached hydrogens (primary N) is 1. The highest BCUT2D eigenvalue weighted by atomic mass is 32.1. The summed E-state index contributed by atoms with van der Waals surface area (Å²) in [6.45, 7) is 5.18. The molecular weight excluding hydrogens is 288 g/mol. The Balaban J connectivity index is 1.62. The van der Waals surface area contributed by atoms with Crippen LogP contribution in [0.1, 0.15) is 29.2 Å². The van der Waals surface area contributed by atoms with Gasteiger partial charge in [-0.15, -0.1) is 10.2 Å². The van der Waals surface area contributed by atoms with Gasteiger partial charge in [0.2, 0.25) is 11.0 Å². The lowest BCUT2D eigenvalue weighted by atomic mass is 10.3. The molecule has 2 aromatic heterocycles. The van der Waals surface area contributed by atoms with Crippen molar-refractivity contribution in [3.63, 3.8) is 0 Å². The van der Waals surface area contributed by atoms with Crippen molar-refractivity contribution in [3.05, 3.63) is 22.5 Å². The Labute approximate surface area is 127 Å². The predicted molar refractivity (Wildman–Crippen MR) is 82.0 cm³/mol. The van der Waals surface area contributed by atoms with Crippen LogP contribution in [0.3, 0.4) is 0 Å². The second-order valence-corrected chi connectivity index (χ2v) is 5.98. The van der Waals surface area contributed by atoms with E-state index in [0.29, 0.717) is 24.6 Å². The fraction of sp³-hybridized carbons (Fsp3) is 0.538. The molecule has 0 radical (unpaired) electrons.